The van der Waals surface area contributed by atoms with Crippen LogP contribution in [0.1, 0.15) is 64.6 Å². The molecule has 47 heavy (non-hydrogen) atoms. The van der Waals surface area contributed by atoms with E-state index in [2.05, 4.69) is 56.9 Å². The van der Waals surface area contributed by atoms with E-state index < -0.39 is 0 Å². The van der Waals surface area contributed by atoms with E-state index in [-0.39, 0.29) is 28.8 Å². The van der Waals surface area contributed by atoms with Crippen LogP contribution in [0.5, 0.6) is 0 Å². The quantitative estimate of drug-likeness (QED) is 0.337. The molecular formula is C35H44Cl2N8O2. The van der Waals surface area contributed by atoms with Crippen LogP contribution in [0.25, 0.3) is 22.0 Å². The fourth-order valence-electron chi connectivity index (χ4n) is 9.84. The molecule has 10 nitrogen and oxygen atoms in total. The Morgan fingerprint density at radius 3 is 2.49 bits per heavy atom. The highest BCUT2D eigenvalue weighted by Gasteiger charge is 2.55. The minimum atomic E-state index is -0.145. The van der Waals surface area contributed by atoms with E-state index >= 15 is 0 Å². The highest BCUT2D eigenvalue weighted by atomic mass is 35.5. The van der Waals surface area contributed by atoms with Gasteiger partial charge >= 0.3 is 0 Å². The summed E-state index contributed by atoms with van der Waals surface area (Å²) in [4.78, 5) is 33.3. The van der Waals surface area contributed by atoms with E-state index in [1.165, 1.54) is 6.08 Å². The number of aromatic nitrogens is 4. The molecule has 1 aliphatic carbocycles. The van der Waals surface area contributed by atoms with Crippen molar-refractivity contribution in [2.45, 2.75) is 83.5 Å². The van der Waals surface area contributed by atoms with Crippen LogP contribution in [0.15, 0.2) is 24.9 Å². The number of hydrogen-bond donors (Lipinski definition) is 1. The highest BCUT2D eigenvalue weighted by Crippen LogP contribution is 2.56. The first-order valence-electron chi connectivity index (χ1n) is 17.0. The Bertz CT molecular complexity index is 1770. The molecule has 6 fully saturated rings. The normalized spacial score (nSPS) is 26.7. The summed E-state index contributed by atoms with van der Waals surface area (Å²) in [7, 11) is 0. The Morgan fingerprint density at radius 2 is 1.83 bits per heavy atom. The number of carbonyl (C=O) groups excluding carboxylic acids is 2. The van der Waals surface area contributed by atoms with Gasteiger partial charge in [-0.15, -0.1) is 0 Å². The molecule has 1 aromatic carbocycles. The minimum Gasteiger partial charge on any atom is -0.349 e. The van der Waals surface area contributed by atoms with Gasteiger partial charge in [0.25, 0.3) is 0 Å². The van der Waals surface area contributed by atoms with Crippen LogP contribution in [0, 0.1) is 18.3 Å². The Kier molecular flexibility index (Phi) is 7.28. The van der Waals surface area contributed by atoms with Crippen LogP contribution < -0.4 is 4.90 Å². The number of halogens is 2. The van der Waals surface area contributed by atoms with Gasteiger partial charge in [-0.1, -0.05) is 29.8 Å². The van der Waals surface area contributed by atoms with Crippen molar-refractivity contribution in [2.75, 3.05) is 44.2 Å². The van der Waals surface area contributed by atoms with Crippen LogP contribution in [0.4, 0.5) is 5.82 Å². The number of aromatic amines is 1. The Morgan fingerprint density at radius 1 is 1.11 bits per heavy atom. The first-order valence-corrected chi connectivity index (χ1v) is 17.7. The molecule has 1 spiro atoms. The molecule has 2 bridgehead atoms. The van der Waals surface area contributed by atoms with Gasteiger partial charge in [-0.05, 0) is 70.9 Å². The summed E-state index contributed by atoms with van der Waals surface area (Å²) in [5.41, 5.74) is 3.84. The first-order chi connectivity index (χ1) is 22.4. The molecule has 0 radical (unpaired) electrons. The minimum absolute atomic E-state index is 0.0133. The van der Waals surface area contributed by atoms with Crippen molar-refractivity contribution in [2.24, 2.45) is 11.3 Å². The third kappa shape index (κ3) is 4.92. The first kappa shape index (κ1) is 31.2. The SMILES string of the molecule is C=CC(=O)N1CC2(CC(n3nc(N4CC[C@@H](CN5CC6CC(C5)N6C(C)=O)CC4(C)C)c(-c4c(Cl)c(Cl)cc5[nH]ncc45)c3C)C2)C1. The number of likely N-dealkylation sites (tertiary alicyclic amines) is 1. The zero-order chi connectivity index (χ0) is 33.0. The van der Waals surface area contributed by atoms with Gasteiger partial charge in [0.15, 0.2) is 5.82 Å². The molecule has 1 saturated carbocycles. The van der Waals surface area contributed by atoms with Gasteiger partial charge in [0.2, 0.25) is 11.8 Å². The Hall–Kier alpha value is -3.08. The van der Waals surface area contributed by atoms with Crippen molar-refractivity contribution in [3.8, 4) is 11.1 Å². The van der Waals surface area contributed by atoms with Gasteiger partial charge in [0.1, 0.15) is 0 Å². The lowest BCUT2D eigenvalue weighted by molar-refractivity contribution is -0.151. The average molecular weight is 680 g/mol. The van der Waals surface area contributed by atoms with Crippen LogP contribution in [0.3, 0.4) is 0 Å². The molecule has 3 aromatic rings. The second-order valence-corrected chi connectivity index (χ2v) is 16.4. The number of piperazine rings is 1. The van der Waals surface area contributed by atoms with Gasteiger partial charge in [-0.25, -0.2) is 0 Å². The number of H-pyrrole nitrogens is 1. The summed E-state index contributed by atoms with van der Waals surface area (Å²) in [6.45, 7) is 17.7. The zero-order valence-corrected chi connectivity index (χ0v) is 29.2. The Balaban J connectivity index is 1.09. The molecule has 2 amide bonds. The van der Waals surface area contributed by atoms with Crippen molar-refractivity contribution in [3.05, 3.63) is 40.7 Å². The fourth-order valence-corrected chi connectivity index (χ4v) is 10.3. The van der Waals surface area contributed by atoms with Crippen molar-refractivity contribution in [1.82, 2.24) is 34.7 Å². The second-order valence-electron chi connectivity index (χ2n) is 15.6. The summed E-state index contributed by atoms with van der Waals surface area (Å²) in [5, 5.41) is 14.8. The van der Waals surface area contributed by atoms with Gasteiger partial charge in [0, 0.05) is 91.4 Å². The predicted molar refractivity (Wildman–Crippen MR) is 185 cm³/mol. The molecule has 6 aliphatic rings. The lowest BCUT2D eigenvalue weighted by atomic mass is 9.60. The number of anilines is 1. The largest absolute Gasteiger partial charge is 0.349 e. The van der Waals surface area contributed by atoms with E-state index in [9.17, 15) is 9.59 Å². The van der Waals surface area contributed by atoms with Crippen LogP contribution >= 0.6 is 23.2 Å². The number of nitrogens with zero attached hydrogens (tertiary/aromatic N) is 7. The fraction of sp³-hybridized carbons (Fsp3) is 0.600. The third-order valence-corrected chi connectivity index (χ3v) is 12.7. The maximum atomic E-state index is 12.1. The molecule has 5 saturated heterocycles. The molecular weight excluding hydrogens is 635 g/mol. The van der Waals surface area contributed by atoms with Gasteiger partial charge in [-0.2, -0.15) is 10.2 Å². The van der Waals surface area contributed by atoms with Crippen molar-refractivity contribution >= 4 is 51.7 Å². The summed E-state index contributed by atoms with van der Waals surface area (Å²) in [5.74, 6) is 1.75. The van der Waals surface area contributed by atoms with Crippen LogP contribution in [0.2, 0.25) is 10.0 Å². The summed E-state index contributed by atoms with van der Waals surface area (Å²) in [6, 6.07) is 2.86. The number of hydrogen-bond acceptors (Lipinski definition) is 6. The predicted octanol–water partition coefficient (Wildman–Crippen LogP) is 5.69. The van der Waals surface area contributed by atoms with Crippen LogP contribution in [-0.4, -0.2) is 103 Å². The molecule has 9 rings (SSSR count). The molecule has 1 N–H and O–H groups in total. The number of rotatable bonds is 6. The molecule has 2 unspecified atom stereocenters. The molecule has 250 valence electrons. The van der Waals surface area contributed by atoms with E-state index in [4.69, 9.17) is 28.3 Å². The van der Waals surface area contributed by atoms with E-state index in [1.54, 1.807) is 6.92 Å². The lowest BCUT2D eigenvalue weighted by Crippen LogP contribution is -2.70. The monoisotopic (exact) mass is 678 g/mol. The van der Waals surface area contributed by atoms with E-state index in [1.807, 2.05) is 17.2 Å². The molecule has 7 heterocycles. The number of piperidine rings is 2. The van der Waals surface area contributed by atoms with Gasteiger partial charge in [0.05, 0.1) is 27.8 Å². The zero-order valence-electron chi connectivity index (χ0n) is 27.7. The standard InChI is InChI=1S/C35H44Cl2N8O2/c1-6-29(47)42-18-35(19-42)12-25(13-35)45-20(2)30(31-26-14-38-39-28(26)10-27(36)32(31)37)33(40-45)43-8-7-22(11-34(43,4)5)15-41-16-23-9-24(17-41)44(23)21(3)46/h6,10,14,22-25H,1,7-9,11-13,15-19H2,2-5H3,(H,38,39)/t22-,23?,24?/m1/s1. The van der Waals surface area contributed by atoms with E-state index in [0.29, 0.717) is 28.0 Å². The highest BCUT2D eigenvalue weighted by molar-refractivity contribution is 6.45. The molecule has 3 atom stereocenters. The number of fused-ring (bicyclic) bond motifs is 3. The Labute approximate surface area is 286 Å². The van der Waals surface area contributed by atoms with Crippen molar-refractivity contribution in [3.63, 3.8) is 0 Å². The van der Waals surface area contributed by atoms with Gasteiger partial charge < -0.3 is 14.7 Å². The van der Waals surface area contributed by atoms with Crippen molar-refractivity contribution < 1.29 is 9.59 Å². The maximum absolute atomic E-state index is 12.1. The summed E-state index contributed by atoms with van der Waals surface area (Å²) >= 11 is 13.8. The summed E-state index contributed by atoms with van der Waals surface area (Å²) < 4.78 is 2.22. The van der Waals surface area contributed by atoms with Crippen LogP contribution in [-0.2, 0) is 9.59 Å². The molecule has 2 aromatic heterocycles. The number of carbonyl (C=O) groups is 2. The summed E-state index contributed by atoms with van der Waals surface area (Å²) in [6.07, 6.45) is 8.49. The van der Waals surface area contributed by atoms with Gasteiger partial charge in [-0.3, -0.25) is 24.3 Å². The topological polar surface area (TPSA) is 93.6 Å². The smallest absolute Gasteiger partial charge is 0.245 e. The number of benzene rings is 1. The second kappa shape index (κ2) is 11.0. The maximum Gasteiger partial charge on any atom is 0.245 e. The number of amides is 2. The average Bonchev–Trinajstić information content (AvgIpc) is 3.55. The molecule has 5 aliphatic heterocycles. The number of nitrogens with one attached hydrogen (secondary N) is 1. The lowest BCUT2D eigenvalue weighted by Gasteiger charge is -2.58. The third-order valence-electron chi connectivity index (χ3n) is 11.9. The van der Waals surface area contributed by atoms with E-state index in [0.717, 1.165) is 105 Å². The molecule has 12 heteroatoms. The van der Waals surface area contributed by atoms with Crippen molar-refractivity contribution in [1.29, 1.82) is 0 Å².